The first-order chi connectivity index (χ1) is 19.5. The van der Waals surface area contributed by atoms with Crippen molar-refractivity contribution >= 4 is 11.8 Å². The van der Waals surface area contributed by atoms with Crippen molar-refractivity contribution < 1.29 is 28.9 Å². The Morgan fingerprint density at radius 3 is 2.24 bits per heavy atom. The summed E-state index contributed by atoms with van der Waals surface area (Å²) >= 11 is 0. The van der Waals surface area contributed by atoms with Crippen molar-refractivity contribution in [1.82, 2.24) is 0 Å². The molecule has 41 heavy (non-hydrogen) atoms. The molecule has 1 unspecified atom stereocenters. The highest BCUT2D eigenvalue weighted by atomic mass is 16.6. The molecule has 0 bridgehead atoms. The largest absolute Gasteiger partial charge is 0.482 e. The number of amides is 1. The maximum atomic E-state index is 13.4. The van der Waals surface area contributed by atoms with E-state index in [0.29, 0.717) is 39.4 Å². The van der Waals surface area contributed by atoms with Crippen LogP contribution in [0.1, 0.15) is 81.2 Å². The van der Waals surface area contributed by atoms with Crippen molar-refractivity contribution in [3.63, 3.8) is 0 Å². The molecule has 216 valence electrons. The summed E-state index contributed by atoms with van der Waals surface area (Å²) in [6, 6.07) is 17.9. The average molecular weight is 560 g/mol. The fraction of sp³-hybridized carbons (Fsp3) is 0.375. The van der Waals surface area contributed by atoms with E-state index in [0.717, 1.165) is 5.56 Å². The lowest BCUT2D eigenvalue weighted by Gasteiger charge is -2.28. The van der Waals surface area contributed by atoms with Gasteiger partial charge >= 0.3 is 6.09 Å². The molecule has 3 rings (SSSR count). The van der Waals surface area contributed by atoms with Gasteiger partial charge in [-0.3, -0.25) is 9.74 Å². The number of ether oxygens (including phenoxy) is 2. The second kappa shape index (κ2) is 14.7. The van der Waals surface area contributed by atoms with E-state index in [1.165, 1.54) is 16.7 Å². The molecule has 0 saturated carbocycles. The number of nitriles is 2. The standard InChI is InChI=1S/C30H33N4O5.C2H6/c1-20-28(38-19-24-9-7-8-23(14-24)16-32)27(21(2)35)25(18-34(20)37-6)17-33(29(36)39-30(3,4)5)26-12-10-22(15-31)11-13-26;1-2/h7-14,18,21,35H,17,19H2,1-6H3;1-2H3/q+1;. The van der Waals surface area contributed by atoms with Crippen LogP contribution >= 0.6 is 0 Å². The molecule has 1 heterocycles. The van der Waals surface area contributed by atoms with Crippen LogP contribution in [0.15, 0.2) is 54.7 Å². The van der Waals surface area contributed by atoms with Crippen LogP contribution in [0.4, 0.5) is 10.5 Å². The van der Waals surface area contributed by atoms with Gasteiger partial charge in [0.05, 0.1) is 41.5 Å². The zero-order valence-corrected chi connectivity index (χ0v) is 25.1. The molecule has 1 aromatic heterocycles. The zero-order chi connectivity index (χ0) is 30.7. The van der Waals surface area contributed by atoms with E-state index in [2.05, 4.69) is 12.1 Å². The number of hydrogen-bond donors (Lipinski definition) is 1. The molecule has 0 spiro atoms. The molecule has 0 aliphatic heterocycles. The lowest BCUT2D eigenvalue weighted by molar-refractivity contribution is -0.890. The number of pyridine rings is 1. The van der Waals surface area contributed by atoms with Crippen LogP contribution in [-0.4, -0.2) is 23.9 Å². The number of rotatable bonds is 8. The minimum atomic E-state index is -0.952. The van der Waals surface area contributed by atoms with E-state index in [1.54, 1.807) is 83.3 Å². The lowest BCUT2D eigenvalue weighted by Crippen LogP contribution is -2.45. The van der Waals surface area contributed by atoms with Gasteiger partial charge in [0, 0.05) is 22.9 Å². The number of aromatic nitrogens is 1. The zero-order valence-electron chi connectivity index (χ0n) is 25.1. The third-order valence-electron chi connectivity index (χ3n) is 5.83. The van der Waals surface area contributed by atoms with Gasteiger partial charge < -0.3 is 14.6 Å². The van der Waals surface area contributed by atoms with Crippen LogP contribution in [0, 0.1) is 29.6 Å². The molecule has 0 saturated heterocycles. The molecule has 0 fully saturated rings. The number of anilines is 1. The van der Waals surface area contributed by atoms with E-state index >= 15 is 0 Å². The smallest absolute Gasteiger partial charge is 0.415 e. The molecule has 1 N–H and O–H groups in total. The van der Waals surface area contributed by atoms with E-state index in [-0.39, 0.29) is 13.2 Å². The summed E-state index contributed by atoms with van der Waals surface area (Å²) < 4.78 is 13.4. The van der Waals surface area contributed by atoms with Crippen LogP contribution in [0.5, 0.6) is 5.75 Å². The molecule has 9 heteroatoms. The predicted molar refractivity (Wildman–Crippen MR) is 155 cm³/mol. The Balaban J connectivity index is 0.00000287. The minimum absolute atomic E-state index is 0.0188. The van der Waals surface area contributed by atoms with Crippen LogP contribution in [0.25, 0.3) is 0 Å². The second-order valence-corrected chi connectivity index (χ2v) is 9.99. The number of carbonyl (C=O) groups is 1. The highest BCUT2D eigenvalue weighted by Crippen LogP contribution is 2.33. The van der Waals surface area contributed by atoms with Crippen LogP contribution in [0.3, 0.4) is 0 Å². The summed E-state index contributed by atoms with van der Waals surface area (Å²) in [4.78, 5) is 20.3. The molecule has 0 aliphatic carbocycles. The monoisotopic (exact) mass is 559 g/mol. The highest BCUT2D eigenvalue weighted by molar-refractivity contribution is 5.88. The molecule has 3 aromatic rings. The van der Waals surface area contributed by atoms with Crippen molar-refractivity contribution in [2.24, 2.45) is 0 Å². The summed E-state index contributed by atoms with van der Waals surface area (Å²) in [6.45, 7) is 12.9. The van der Waals surface area contributed by atoms with Crippen LogP contribution in [-0.2, 0) is 17.9 Å². The van der Waals surface area contributed by atoms with E-state index < -0.39 is 17.8 Å². The second-order valence-electron chi connectivity index (χ2n) is 9.99. The summed E-state index contributed by atoms with van der Waals surface area (Å²) in [7, 11) is 1.51. The van der Waals surface area contributed by atoms with Gasteiger partial charge in [0.2, 0.25) is 6.20 Å². The quantitative estimate of drug-likeness (QED) is 0.352. The number of carbonyl (C=O) groups excluding carboxylic acids is 1. The third kappa shape index (κ3) is 8.69. The van der Waals surface area contributed by atoms with Gasteiger partial charge in [0.15, 0.2) is 5.75 Å². The van der Waals surface area contributed by atoms with Gasteiger partial charge in [-0.25, -0.2) is 4.79 Å². The van der Waals surface area contributed by atoms with Crippen molar-refractivity contribution in [1.29, 1.82) is 10.5 Å². The van der Waals surface area contributed by atoms with Crippen molar-refractivity contribution in [2.45, 2.75) is 73.3 Å². The average Bonchev–Trinajstić information content (AvgIpc) is 2.95. The Hall–Kier alpha value is -4.60. The maximum absolute atomic E-state index is 13.4. The SMILES string of the molecule is CC.CO[n+]1cc(CN(C(=O)OC(C)(C)C)c2ccc(C#N)cc2)c(C(C)O)c(OCc2cccc(C#N)c2)c1C. The summed E-state index contributed by atoms with van der Waals surface area (Å²) in [5.74, 6) is 0.399. The first-order valence-electron chi connectivity index (χ1n) is 13.4. The molecule has 1 atom stereocenters. The molecular formula is C32H39N4O5+. The van der Waals surface area contributed by atoms with Gasteiger partial charge in [-0.2, -0.15) is 10.5 Å². The molecule has 1 amide bonds. The Morgan fingerprint density at radius 1 is 1.07 bits per heavy atom. The first-order valence-corrected chi connectivity index (χ1v) is 13.4. The van der Waals surface area contributed by atoms with Gasteiger partial charge in [0.25, 0.3) is 5.69 Å². The molecule has 2 aromatic carbocycles. The highest BCUT2D eigenvalue weighted by Gasteiger charge is 2.31. The van der Waals surface area contributed by atoms with E-state index in [4.69, 9.17) is 14.3 Å². The van der Waals surface area contributed by atoms with Gasteiger partial charge in [-0.05, 0) is 69.7 Å². The Labute approximate surface area is 242 Å². The van der Waals surface area contributed by atoms with Crippen molar-refractivity contribution in [3.8, 4) is 17.9 Å². The number of aliphatic hydroxyl groups is 1. The van der Waals surface area contributed by atoms with E-state index in [1.807, 2.05) is 19.9 Å². The number of nitrogens with zero attached hydrogens (tertiary/aromatic N) is 4. The van der Waals surface area contributed by atoms with Gasteiger partial charge in [0.1, 0.15) is 19.3 Å². The normalized spacial score (nSPS) is 11.2. The van der Waals surface area contributed by atoms with Gasteiger partial charge in [-0.1, -0.05) is 26.0 Å². The Morgan fingerprint density at radius 2 is 1.71 bits per heavy atom. The molecule has 0 radical (unpaired) electrons. The van der Waals surface area contributed by atoms with Gasteiger partial charge in [-0.15, -0.1) is 0 Å². The summed E-state index contributed by atoms with van der Waals surface area (Å²) in [6.07, 6.45) is 0.151. The molecule has 0 aliphatic rings. The minimum Gasteiger partial charge on any atom is -0.482 e. The van der Waals surface area contributed by atoms with E-state index in [9.17, 15) is 20.4 Å². The topological polar surface area (TPSA) is 120 Å². The maximum Gasteiger partial charge on any atom is 0.415 e. The first kappa shape index (κ1) is 32.6. The Kier molecular flexibility index (Phi) is 11.7. The number of benzene rings is 2. The fourth-order valence-corrected chi connectivity index (χ4v) is 4.06. The molecule has 9 nitrogen and oxygen atoms in total. The fourth-order valence-electron chi connectivity index (χ4n) is 4.06. The predicted octanol–water partition coefficient (Wildman–Crippen LogP) is 5.68. The van der Waals surface area contributed by atoms with Crippen LogP contribution < -0.4 is 19.2 Å². The third-order valence-corrected chi connectivity index (χ3v) is 5.83. The van der Waals surface area contributed by atoms with Crippen molar-refractivity contribution in [3.05, 3.63) is 88.2 Å². The summed E-state index contributed by atoms with van der Waals surface area (Å²) in [5.41, 5.74) is 3.17. The van der Waals surface area contributed by atoms with Crippen molar-refractivity contribution in [2.75, 3.05) is 12.0 Å². The Bertz CT molecular complexity index is 1410. The number of hydrogen-bond acceptors (Lipinski definition) is 7. The van der Waals surface area contributed by atoms with Crippen LogP contribution in [0.2, 0.25) is 0 Å². The number of aliphatic hydroxyl groups excluding tert-OH is 1. The lowest BCUT2D eigenvalue weighted by atomic mass is 10.0. The summed E-state index contributed by atoms with van der Waals surface area (Å²) in [5, 5.41) is 29.3. The molecular weight excluding hydrogens is 520 g/mol.